The minimum atomic E-state index is 0.303. The molecular formula is C15H16N4S. The van der Waals surface area contributed by atoms with E-state index in [9.17, 15) is 0 Å². The van der Waals surface area contributed by atoms with Crippen molar-refractivity contribution in [1.82, 2.24) is 9.97 Å². The summed E-state index contributed by atoms with van der Waals surface area (Å²) in [5, 5.41) is 0. The highest BCUT2D eigenvalue weighted by atomic mass is 32.1. The van der Waals surface area contributed by atoms with Gasteiger partial charge in [-0.05, 0) is 38.0 Å². The second kappa shape index (κ2) is 4.83. The Balaban J connectivity index is 2.11. The number of hydrogen-bond acceptors (Lipinski definition) is 4. The maximum absolute atomic E-state index is 5.70. The molecular weight excluding hydrogens is 268 g/mol. The third-order valence-electron chi connectivity index (χ3n) is 3.52. The third-order valence-corrected chi connectivity index (χ3v) is 3.73. The van der Waals surface area contributed by atoms with Crippen molar-refractivity contribution < 1.29 is 0 Å². The predicted octanol–water partition coefficient (Wildman–Crippen LogP) is 2.50. The standard InChI is InChI=1S/C15H16N4S/c1-9-7-12(14(16)20)18-15(17-9)19-10(2)8-11-5-3-4-6-13(11)19/h3-7,10H,8H2,1-2H3,(H2,16,20). The van der Waals surface area contributed by atoms with Crippen LogP contribution in [-0.2, 0) is 6.42 Å². The Morgan fingerprint density at radius 3 is 2.85 bits per heavy atom. The molecule has 0 bridgehead atoms. The van der Waals surface area contributed by atoms with E-state index in [-0.39, 0.29) is 0 Å². The molecule has 1 aliphatic heterocycles. The monoisotopic (exact) mass is 284 g/mol. The highest BCUT2D eigenvalue weighted by Gasteiger charge is 2.29. The van der Waals surface area contributed by atoms with Crippen molar-refractivity contribution >= 4 is 28.8 Å². The number of rotatable bonds is 2. The van der Waals surface area contributed by atoms with Gasteiger partial charge in [0.05, 0.1) is 0 Å². The lowest BCUT2D eigenvalue weighted by Crippen LogP contribution is -2.27. The summed E-state index contributed by atoms with van der Waals surface area (Å²) in [5.74, 6) is 0.672. The number of anilines is 2. The average molecular weight is 284 g/mol. The van der Waals surface area contributed by atoms with Crippen LogP contribution < -0.4 is 10.6 Å². The van der Waals surface area contributed by atoms with Gasteiger partial charge in [-0.1, -0.05) is 30.4 Å². The summed E-state index contributed by atoms with van der Waals surface area (Å²) >= 11 is 5.03. The molecule has 0 saturated heterocycles. The molecule has 4 nitrogen and oxygen atoms in total. The highest BCUT2D eigenvalue weighted by Crippen LogP contribution is 2.36. The van der Waals surface area contributed by atoms with Crippen LogP contribution in [-0.4, -0.2) is 21.0 Å². The molecule has 0 amide bonds. The zero-order valence-corrected chi connectivity index (χ0v) is 12.3. The second-order valence-corrected chi connectivity index (χ2v) is 5.55. The van der Waals surface area contributed by atoms with Crippen LogP contribution in [0.2, 0.25) is 0 Å². The van der Waals surface area contributed by atoms with E-state index in [0.29, 0.717) is 22.7 Å². The smallest absolute Gasteiger partial charge is 0.231 e. The van der Waals surface area contributed by atoms with E-state index in [1.165, 1.54) is 11.3 Å². The fraction of sp³-hybridized carbons (Fsp3) is 0.267. The SMILES string of the molecule is Cc1cc(C(N)=S)nc(N2c3ccccc3CC2C)n1. The van der Waals surface area contributed by atoms with E-state index in [1.807, 2.05) is 19.1 Å². The van der Waals surface area contributed by atoms with Crippen molar-refractivity contribution in [3.63, 3.8) is 0 Å². The van der Waals surface area contributed by atoms with Gasteiger partial charge in [0.1, 0.15) is 10.7 Å². The first kappa shape index (κ1) is 13.0. The van der Waals surface area contributed by atoms with Crippen LogP contribution in [0.4, 0.5) is 11.6 Å². The Hall–Kier alpha value is -2.01. The van der Waals surface area contributed by atoms with Crippen molar-refractivity contribution in [1.29, 1.82) is 0 Å². The van der Waals surface area contributed by atoms with Crippen LogP contribution >= 0.6 is 12.2 Å². The van der Waals surface area contributed by atoms with Gasteiger partial charge in [0.2, 0.25) is 5.95 Å². The molecule has 0 fully saturated rings. The van der Waals surface area contributed by atoms with Gasteiger partial charge in [0.25, 0.3) is 0 Å². The van der Waals surface area contributed by atoms with Gasteiger partial charge in [-0.25, -0.2) is 9.97 Å². The molecule has 1 unspecified atom stereocenters. The normalized spacial score (nSPS) is 17.1. The molecule has 20 heavy (non-hydrogen) atoms. The Bertz CT molecular complexity index is 683. The van der Waals surface area contributed by atoms with E-state index in [0.717, 1.165) is 12.1 Å². The first-order chi connectivity index (χ1) is 9.56. The van der Waals surface area contributed by atoms with Gasteiger partial charge >= 0.3 is 0 Å². The zero-order chi connectivity index (χ0) is 14.3. The molecule has 0 radical (unpaired) electrons. The first-order valence-electron chi connectivity index (χ1n) is 6.59. The Kier molecular flexibility index (Phi) is 3.14. The molecule has 3 rings (SSSR count). The largest absolute Gasteiger partial charge is 0.388 e. The van der Waals surface area contributed by atoms with Crippen LogP contribution in [0.15, 0.2) is 30.3 Å². The van der Waals surface area contributed by atoms with Crippen LogP contribution in [0, 0.1) is 6.92 Å². The van der Waals surface area contributed by atoms with Crippen molar-refractivity contribution in [2.75, 3.05) is 4.90 Å². The molecule has 1 aliphatic rings. The maximum Gasteiger partial charge on any atom is 0.231 e. The van der Waals surface area contributed by atoms with Crippen molar-refractivity contribution in [2.45, 2.75) is 26.3 Å². The molecule has 102 valence electrons. The number of fused-ring (bicyclic) bond motifs is 1. The molecule has 0 spiro atoms. The van der Waals surface area contributed by atoms with Crippen molar-refractivity contribution in [3.05, 3.63) is 47.3 Å². The Labute approximate surface area is 123 Å². The quantitative estimate of drug-likeness (QED) is 0.859. The molecule has 0 saturated carbocycles. The molecule has 5 heteroatoms. The molecule has 0 aliphatic carbocycles. The number of aryl methyl sites for hydroxylation is 1. The summed E-state index contributed by atoms with van der Waals surface area (Å²) in [6, 6.07) is 10.5. The van der Waals surface area contributed by atoms with E-state index in [2.05, 4.69) is 40.0 Å². The number of hydrogen-bond donors (Lipinski definition) is 1. The van der Waals surface area contributed by atoms with Crippen LogP contribution in [0.3, 0.4) is 0 Å². The van der Waals surface area contributed by atoms with Crippen LogP contribution in [0.1, 0.15) is 23.9 Å². The summed E-state index contributed by atoms with van der Waals surface area (Å²) in [4.78, 5) is 11.5. The zero-order valence-electron chi connectivity index (χ0n) is 11.5. The molecule has 2 N–H and O–H groups in total. The number of nitrogens with zero attached hydrogens (tertiary/aromatic N) is 3. The Morgan fingerprint density at radius 1 is 1.35 bits per heavy atom. The lowest BCUT2D eigenvalue weighted by atomic mass is 10.1. The summed E-state index contributed by atoms with van der Waals surface area (Å²) in [6.07, 6.45) is 0.996. The van der Waals surface area contributed by atoms with Gasteiger partial charge in [-0.15, -0.1) is 0 Å². The van der Waals surface area contributed by atoms with Crippen LogP contribution in [0.25, 0.3) is 0 Å². The Morgan fingerprint density at radius 2 is 2.10 bits per heavy atom. The highest BCUT2D eigenvalue weighted by molar-refractivity contribution is 7.80. The number of benzene rings is 1. The first-order valence-corrected chi connectivity index (χ1v) is 6.99. The van der Waals surface area contributed by atoms with Crippen molar-refractivity contribution in [3.8, 4) is 0 Å². The van der Waals surface area contributed by atoms with E-state index in [4.69, 9.17) is 18.0 Å². The van der Waals surface area contributed by atoms with Gasteiger partial charge in [-0.2, -0.15) is 0 Å². The van der Waals surface area contributed by atoms with Crippen molar-refractivity contribution in [2.24, 2.45) is 5.73 Å². The van der Waals surface area contributed by atoms with E-state index >= 15 is 0 Å². The van der Waals surface area contributed by atoms with E-state index < -0.39 is 0 Å². The molecule has 1 atom stereocenters. The summed E-state index contributed by atoms with van der Waals surface area (Å²) in [7, 11) is 0. The van der Waals surface area contributed by atoms with E-state index in [1.54, 1.807) is 0 Å². The lowest BCUT2D eigenvalue weighted by molar-refractivity contribution is 0.737. The van der Waals surface area contributed by atoms with Gasteiger partial charge in [0.15, 0.2) is 0 Å². The molecule has 1 aromatic heterocycles. The minimum Gasteiger partial charge on any atom is -0.388 e. The van der Waals surface area contributed by atoms with Gasteiger partial charge in [0, 0.05) is 17.4 Å². The second-order valence-electron chi connectivity index (χ2n) is 5.11. The number of nitrogens with two attached hydrogens (primary N) is 1. The number of thiocarbonyl (C=S) groups is 1. The summed E-state index contributed by atoms with van der Waals surface area (Å²) < 4.78 is 0. The summed E-state index contributed by atoms with van der Waals surface area (Å²) in [6.45, 7) is 4.10. The average Bonchev–Trinajstić information content (AvgIpc) is 2.73. The fourth-order valence-electron chi connectivity index (χ4n) is 2.66. The maximum atomic E-state index is 5.70. The van der Waals surface area contributed by atoms with Gasteiger partial charge < -0.3 is 10.6 Å². The molecule has 2 aromatic rings. The molecule has 2 heterocycles. The van der Waals surface area contributed by atoms with Gasteiger partial charge in [-0.3, -0.25) is 0 Å². The third kappa shape index (κ3) is 2.14. The molecule has 1 aromatic carbocycles. The fourth-order valence-corrected chi connectivity index (χ4v) is 2.76. The van der Waals surface area contributed by atoms with Crippen LogP contribution in [0.5, 0.6) is 0 Å². The topological polar surface area (TPSA) is 55.0 Å². The predicted molar refractivity (Wildman–Crippen MR) is 84.4 cm³/mol. The number of aromatic nitrogens is 2. The summed E-state index contributed by atoms with van der Waals surface area (Å²) in [5.41, 5.74) is 9.68. The lowest BCUT2D eigenvalue weighted by Gasteiger charge is -2.23. The minimum absolute atomic E-state index is 0.303. The number of para-hydroxylation sites is 1.